The Kier molecular flexibility index (Phi) is 5.00. The van der Waals surface area contributed by atoms with Gasteiger partial charge in [-0.15, -0.1) is 13.2 Å². The fourth-order valence-corrected chi connectivity index (χ4v) is 2.01. The van der Waals surface area contributed by atoms with Crippen LogP contribution in [-0.2, 0) is 0 Å². The molecule has 0 spiro atoms. The number of benzene rings is 2. The zero-order valence-corrected chi connectivity index (χ0v) is 12.5. The second kappa shape index (κ2) is 6.78. The predicted molar refractivity (Wildman–Crippen MR) is 79.1 cm³/mol. The fraction of sp³-hybridized carbons (Fsp3) is 0.133. The first-order chi connectivity index (χ1) is 10.8. The molecule has 0 radical (unpaired) electrons. The van der Waals surface area contributed by atoms with Crippen molar-refractivity contribution in [2.75, 3.05) is 12.4 Å². The van der Waals surface area contributed by atoms with Crippen LogP contribution in [-0.4, -0.2) is 19.4 Å². The van der Waals surface area contributed by atoms with E-state index >= 15 is 0 Å². The second-order valence-corrected chi connectivity index (χ2v) is 4.78. The molecule has 0 saturated carbocycles. The molecule has 1 amide bonds. The Labute approximate surface area is 134 Å². The fourth-order valence-electron chi connectivity index (χ4n) is 1.75. The zero-order valence-electron chi connectivity index (χ0n) is 11.8. The Balaban J connectivity index is 2.07. The summed E-state index contributed by atoms with van der Waals surface area (Å²) in [5, 5.41) is 2.81. The molecule has 0 bridgehead atoms. The first kappa shape index (κ1) is 17.0. The number of methoxy groups -OCH3 is 1. The van der Waals surface area contributed by atoms with Gasteiger partial charge in [0, 0.05) is 11.3 Å². The van der Waals surface area contributed by atoms with Crippen molar-refractivity contribution in [3.63, 3.8) is 0 Å². The summed E-state index contributed by atoms with van der Waals surface area (Å²) in [5.74, 6) is -0.404. The number of ether oxygens (including phenoxy) is 2. The van der Waals surface area contributed by atoms with Crippen LogP contribution in [0.2, 0.25) is 5.02 Å². The Hall–Kier alpha value is -2.41. The third kappa shape index (κ3) is 4.79. The molecule has 0 aliphatic heterocycles. The first-order valence-corrected chi connectivity index (χ1v) is 6.67. The monoisotopic (exact) mass is 345 g/mol. The minimum Gasteiger partial charge on any atom is -0.495 e. The molecule has 0 saturated heterocycles. The smallest absolute Gasteiger partial charge is 0.495 e. The SMILES string of the molecule is COc1ccc(C(=O)Nc2ccc(OC(F)(F)F)cc2)cc1Cl. The van der Waals surface area contributed by atoms with Gasteiger partial charge in [-0.3, -0.25) is 4.79 Å². The van der Waals surface area contributed by atoms with Gasteiger partial charge in [-0.25, -0.2) is 0 Å². The van der Waals surface area contributed by atoms with Gasteiger partial charge in [-0.2, -0.15) is 0 Å². The Morgan fingerprint density at radius 2 is 1.78 bits per heavy atom. The standard InChI is InChI=1S/C15H11ClF3NO3/c1-22-13-7-2-9(8-12(13)16)14(21)20-10-3-5-11(6-4-10)23-15(17,18)19/h2-8H,1H3,(H,20,21). The minimum absolute atomic E-state index is 0.272. The van der Waals surface area contributed by atoms with E-state index in [4.69, 9.17) is 16.3 Å². The van der Waals surface area contributed by atoms with Gasteiger partial charge in [0.1, 0.15) is 11.5 Å². The number of alkyl halides is 3. The van der Waals surface area contributed by atoms with Crippen LogP contribution in [0.3, 0.4) is 0 Å². The maximum atomic E-state index is 12.1. The molecule has 2 rings (SSSR count). The summed E-state index contributed by atoms with van der Waals surface area (Å²) in [6.45, 7) is 0. The van der Waals surface area contributed by atoms with E-state index in [0.717, 1.165) is 12.1 Å². The molecule has 1 N–H and O–H groups in total. The van der Waals surface area contributed by atoms with Gasteiger partial charge in [-0.05, 0) is 42.5 Å². The Morgan fingerprint density at radius 3 is 2.30 bits per heavy atom. The lowest BCUT2D eigenvalue weighted by Crippen LogP contribution is -2.17. The molecule has 4 nitrogen and oxygen atoms in total. The highest BCUT2D eigenvalue weighted by Gasteiger charge is 2.30. The molecule has 23 heavy (non-hydrogen) atoms. The highest BCUT2D eigenvalue weighted by molar-refractivity contribution is 6.32. The van der Waals surface area contributed by atoms with Gasteiger partial charge in [0.25, 0.3) is 5.91 Å². The molecule has 2 aromatic rings. The van der Waals surface area contributed by atoms with Gasteiger partial charge < -0.3 is 14.8 Å². The van der Waals surface area contributed by atoms with E-state index in [1.54, 1.807) is 0 Å². The summed E-state index contributed by atoms with van der Waals surface area (Å²) in [6.07, 6.45) is -4.76. The summed E-state index contributed by atoms with van der Waals surface area (Å²) in [6, 6.07) is 9.28. The normalized spacial score (nSPS) is 11.0. The van der Waals surface area contributed by atoms with Crippen molar-refractivity contribution in [3.8, 4) is 11.5 Å². The quantitative estimate of drug-likeness (QED) is 0.887. The summed E-state index contributed by atoms with van der Waals surface area (Å²) in [7, 11) is 1.45. The van der Waals surface area contributed by atoms with Crippen molar-refractivity contribution in [2.45, 2.75) is 6.36 Å². The van der Waals surface area contributed by atoms with E-state index in [1.807, 2.05) is 0 Å². The average molecular weight is 346 g/mol. The van der Waals surface area contributed by atoms with Crippen molar-refractivity contribution < 1.29 is 27.4 Å². The zero-order chi connectivity index (χ0) is 17.0. The van der Waals surface area contributed by atoms with E-state index in [1.165, 1.54) is 37.4 Å². The molecule has 0 unspecified atom stereocenters. The van der Waals surface area contributed by atoms with Crippen LogP contribution in [0.15, 0.2) is 42.5 Å². The summed E-state index contributed by atoms with van der Waals surface area (Å²) >= 11 is 5.93. The van der Waals surface area contributed by atoms with Crippen LogP contribution in [0.5, 0.6) is 11.5 Å². The van der Waals surface area contributed by atoms with Crippen molar-refractivity contribution >= 4 is 23.2 Å². The van der Waals surface area contributed by atoms with E-state index in [-0.39, 0.29) is 16.3 Å². The van der Waals surface area contributed by atoms with Gasteiger partial charge in [0.15, 0.2) is 0 Å². The molecular formula is C15H11ClF3NO3. The molecule has 122 valence electrons. The molecule has 0 fully saturated rings. The second-order valence-electron chi connectivity index (χ2n) is 4.38. The molecule has 0 aromatic heterocycles. The molecule has 0 heterocycles. The lowest BCUT2D eigenvalue weighted by atomic mass is 10.2. The van der Waals surface area contributed by atoms with Gasteiger partial charge in [0.05, 0.1) is 12.1 Å². The van der Waals surface area contributed by atoms with E-state index in [2.05, 4.69) is 10.1 Å². The number of anilines is 1. The minimum atomic E-state index is -4.76. The number of hydrogen-bond acceptors (Lipinski definition) is 3. The van der Waals surface area contributed by atoms with Crippen molar-refractivity contribution in [3.05, 3.63) is 53.1 Å². The Bertz CT molecular complexity index is 702. The van der Waals surface area contributed by atoms with Crippen LogP contribution in [0, 0.1) is 0 Å². The summed E-state index contributed by atoms with van der Waals surface area (Å²) < 4.78 is 44.9. The molecule has 2 aromatic carbocycles. The summed E-state index contributed by atoms with van der Waals surface area (Å²) in [4.78, 5) is 12.1. The van der Waals surface area contributed by atoms with E-state index in [9.17, 15) is 18.0 Å². The first-order valence-electron chi connectivity index (χ1n) is 6.29. The summed E-state index contributed by atoms with van der Waals surface area (Å²) in [5.41, 5.74) is 0.600. The average Bonchev–Trinajstić information content (AvgIpc) is 2.47. The molecule has 0 aliphatic carbocycles. The van der Waals surface area contributed by atoms with Gasteiger partial charge in [-0.1, -0.05) is 11.6 Å². The highest BCUT2D eigenvalue weighted by Crippen LogP contribution is 2.26. The van der Waals surface area contributed by atoms with Crippen molar-refractivity contribution in [1.29, 1.82) is 0 Å². The van der Waals surface area contributed by atoms with Crippen molar-refractivity contribution in [2.24, 2.45) is 0 Å². The molecule has 0 atom stereocenters. The number of carbonyl (C=O) groups is 1. The number of halogens is 4. The van der Waals surface area contributed by atoms with Gasteiger partial charge in [0.2, 0.25) is 0 Å². The number of nitrogens with one attached hydrogen (secondary N) is 1. The van der Waals surface area contributed by atoms with E-state index < -0.39 is 12.3 Å². The van der Waals surface area contributed by atoms with Crippen molar-refractivity contribution in [1.82, 2.24) is 0 Å². The molecule has 0 aliphatic rings. The highest BCUT2D eigenvalue weighted by atomic mass is 35.5. The maximum absolute atomic E-state index is 12.1. The van der Waals surface area contributed by atoms with Gasteiger partial charge >= 0.3 is 6.36 Å². The van der Waals surface area contributed by atoms with Crippen LogP contribution in [0.4, 0.5) is 18.9 Å². The van der Waals surface area contributed by atoms with E-state index in [0.29, 0.717) is 11.4 Å². The lowest BCUT2D eigenvalue weighted by molar-refractivity contribution is -0.274. The third-order valence-corrected chi connectivity index (χ3v) is 3.06. The maximum Gasteiger partial charge on any atom is 0.573 e. The topological polar surface area (TPSA) is 47.6 Å². The van der Waals surface area contributed by atoms with Crippen LogP contribution < -0.4 is 14.8 Å². The number of amides is 1. The van der Waals surface area contributed by atoms with Crippen LogP contribution in [0.25, 0.3) is 0 Å². The number of carbonyl (C=O) groups excluding carboxylic acids is 1. The molecule has 8 heteroatoms. The Morgan fingerprint density at radius 1 is 1.13 bits per heavy atom. The van der Waals surface area contributed by atoms with Crippen LogP contribution >= 0.6 is 11.6 Å². The number of rotatable bonds is 4. The largest absolute Gasteiger partial charge is 0.573 e. The third-order valence-electron chi connectivity index (χ3n) is 2.76. The number of hydrogen-bond donors (Lipinski definition) is 1. The molecular weight excluding hydrogens is 335 g/mol. The van der Waals surface area contributed by atoms with Crippen LogP contribution in [0.1, 0.15) is 10.4 Å². The predicted octanol–water partition coefficient (Wildman–Crippen LogP) is 4.50. The lowest BCUT2D eigenvalue weighted by Gasteiger charge is -2.10.